The van der Waals surface area contributed by atoms with E-state index in [1.54, 1.807) is 11.8 Å². The molecule has 2 heteroatoms. The summed E-state index contributed by atoms with van der Waals surface area (Å²) in [6.45, 7) is 2.04. The number of rotatable bonds is 2. The zero-order valence-electron chi connectivity index (χ0n) is 7.00. The van der Waals surface area contributed by atoms with E-state index in [-0.39, 0.29) is 0 Å². The largest absolute Gasteiger partial charge is 0.399 e. The molecule has 1 nitrogen and oxygen atoms in total. The van der Waals surface area contributed by atoms with Crippen molar-refractivity contribution in [2.45, 2.75) is 11.8 Å². The quantitative estimate of drug-likeness (QED) is 0.426. The van der Waals surface area contributed by atoms with Crippen molar-refractivity contribution in [3.05, 3.63) is 23.8 Å². The number of anilines is 1. The van der Waals surface area contributed by atoms with Gasteiger partial charge in [-0.3, -0.25) is 0 Å². The van der Waals surface area contributed by atoms with Gasteiger partial charge in [0.25, 0.3) is 0 Å². The number of nitrogens with two attached hydrogens (primary N) is 1. The number of hydrogen-bond acceptors (Lipinski definition) is 2. The molecule has 0 spiro atoms. The highest BCUT2D eigenvalue weighted by atomic mass is 32.2. The predicted molar refractivity (Wildman–Crippen MR) is 55.1 cm³/mol. The number of terminal acetylenes is 1. The fourth-order valence-electron chi connectivity index (χ4n) is 0.954. The summed E-state index contributed by atoms with van der Waals surface area (Å²) in [5.41, 5.74) is 7.60. The fraction of sp³-hybridized carbons (Fsp3) is 0.200. The Hall–Kier alpha value is -1.07. The molecule has 0 heterocycles. The number of hydrogen-bond donors (Lipinski definition) is 1. The molecule has 0 aliphatic carbocycles. The third kappa shape index (κ3) is 2.21. The van der Waals surface area contributed by atoms with Crippen LogP contribution in [0.25, 0.3) is 0 Å². The third-order valence-corrected chi connectivity index (χ3v) is 2.59. The molecule has 0 bridgehead atoms. The topological polar surface area (TPSA) is 26.0 Å². The van der Waals surface area contributed by atoms with E-state index in [4.69, 9.17) is 12.2 Å². The van der Waals surface area contributed by atoms with Crippen molar-refractivity contribution in [2.75, 3.05) is 11.5 Å². The number of benzene rings is 1. The molecular weight excluding hydrogens is 166 g/mol. The maximum atomic E-state index is 5.61. The summed E-state index contributed by atoms with van der Waals surface area (Å²) in [6, 6.07) is 5.86. The lowest BCUT2D eigenvalue weighted by atomic mass is 10.2. The third-order valence-electron chi connectivity index (χ3n) is 1.51. The van der Waals surface area contributed by atoms with E-state index < -0.39 is 0 Å². The first-order valence-corrected chi connectivity index (χ1v) is 4.65. The Morgan fingerprint density at radius 3 is 2.92 bits per heavy atom. The maximum Gasteiger partial charge on any atom is 0.0592 e. The van der Waals surface area contributed by atoms with E-state index in [2.05, 4.69) is 5.92 Å². The molecule has 1 aromatic rings. The summed E-state index contributed by atoms with van der Waals surface area (Å²) in [6.07, 6.45) is 5.16. The molecule has 0 unspecified atom stereocenters. The van der Waals surface area contributed by atoms with Crippen LogP contribution in [-0.2, 0) is 0 Å². The van der Waals surface area contributed by atoms with Crippen molar-refractivity contribution in [2.24, 2.45) is 0 Å². The Labute approximate surface area is 77.4 Å². The summed E-state index contributed by atoms with van der Waals surface area (Å²) in [7, 11) is 0. The van der Waals surface area contributed by atoms with Crippen LogP contribution in [0.5, 0.6) is 0 Å². The molecule has 0 atom stereocenters. The Morgan fingerprint density at radius 1 is 1.58 bits per heavy atom. The van der Waals surface area contributed by atoms with E-state index >= 15 is 0 Å². The fourth-order valence-corrected chi connectivity index (χ4v) is 1.64. The SMILES string of the molecule is C#CCSc1ccc(N)cc1C. The molecule has 0 aliphatic heterocycles. The maximum absolute atomic E-state index is 5.61. The average molecular weight is 177 g/mol. The van der Waals surface area contributed by atoms with E-state index in [1.165, 1.54) is 10.5 Å². The highest BCUT2D eigenvalue weighted by Gasteiger charge is 1.97. The zero-order chi connectivity index (χ0) is 8.97. The van der Waals surface area contributed by atoms with Gasteiger partial charge >= 0.3 is 0 Å². The van der Waals surface area contributed by atoms with Crippen molar-refractivity contribution in [3.63, 3.8) is 0 Å². The van der Waals surface area contributed by atoms with Gasteiger partial charge in [0.2, 0.25) is 0 Å². The van der Waals surface area contributed by atoms with E-state index in [1.807, 2.05) is 25.1 Å². The lowest BCUT2D eigenvalue weighted by Crippen LogP contribution is -1.87. The van der Waals surface area contributed by atoms with Crippen LogP contribution in [0.4, 0.5) is 5.69 Å². The minimum Gasteiger partial charge on any atom is -0.399 e. The predicted octanol–water partition coefficient (Wildman–Crippen LogP) is 2.30. The second-order valence-corrected chi connectivity index (χ2v) is 3.53. The summed E-state index contributed by atoms with van der Waals surface area (Å²) in [4.78, 5) is 1.21. The Morgan fingerprint density at radius 2 is 2.33 bits per heavy atom. The molecule has 1 rings (SSSR count). The summed E-state index contributed by atoms with van der Waals surface area (Å²) in [5.74, 6) is 3.30. The van der Waals surface area contributed by atoms with Gasteiger partial charge in [0, 0.05) is 10.6 Å². The van der Waals surface area contributed by atoms with Crippen molar-refractivity contribution in [1.29, 1.82) is 0 Å². The zero-order valence-corrected chi connectivity index (χ0v) is 7.82. The monoisotopic (exact) mass is 177 g/mol. The van der Waals surface area contributed by atoms with Crippen LogP contribution >= 0.6 is 11.8 Å². The normalized spacial score (nSPS) is 9.33. The minimum atomic E-state index is 0.713. The van der Waals surface area contributed by atoms with Crippen molar-refractivity contribution >= 4 is 17.4 Å². The first-order chi connectivity index (χ1) is 5.74. The van der Waals surface area contributed by atoms with Crippen LogP contribution in [-0.4, -0.2) is 5.75 Å². The molecule has 0 saturated heterocycles. The molecule has 0 aliphatic rings. The van der Waals surface area contributed by atoms with Gasteiger partial charge in [-0.2, -0.15) is 0 Å². The molecule has 2 N–H and O–H groups in total. The van der Waals surface area contributed by atoms with Gasteiger partial charge in [0.1, 0.15) is 0 Å². The molecule has 0 fully saturated rings. The van der Waals surface area contributed by atoms with Gasteiger partial charge in [-0.25, -0.2) is 0 Å². The van der Waals surface area contributed by atoms with Gasteiger partial charge in [0.05, 0.1) is 5.75 Å². The van der Waals surface area contributed by atoms with Crippen LogP contribution in [0.15, 0.2) is 23.1 Å². The molecule has 0 amide bonds. The first kappa shape index (κ1) is 9.02. The van der Waals surface area contributed by atoms with Crippen LogP contribution in [0.1, 0.15) is 5.56 Å². The Kier molecular flexibility index (Phi) is 3.07. The van der Waals surface area contributed by atoms with Crippen molar-refractivity contribution in [1.82, 2.24) is 0 Å². The highest BCUT2D eigenvalue weighted by Crippen LogP contribution is 2.23. The second-order valence-electron chi connectivity index (χ2n) is 2.52. The molecule has 12 heavy (non-hydrogen) atoms. The molecular formula is C10H11NS. The van der Waals surface area contributed by atoms with Gasteiger partial charge in [-0.1, -0.05) is 5.92 Å². The smallest absolute Gasteiger partial charge is 0.0592 e. The van der Waals surface area contributed by atoms with Crippen LogP contribution < -0.4 is 5.73 Å². The second kappa shape index (κ2) is 4.08. The van der Waals surface area contributed by atoms with Crippen molar-refractivity contribution < 1.29 is 0 Å². The van der Waals surface area contributed by atoms with Crippen LogP contribution in [0, 0.1) is 19.3 Å². The molecule has 0 radical (unpaired) electrons. The van der Waals surface area contributed by atoms with E-state index in [0.717, 1.165) is 5.69 Å². The molecule has 0 saturated carbocycles. The number of nitrogen functional groups attached to an aromatic ring is 1. The first-order valence-electron chi connectivity index (χ1n) is 3.66. The lowest BCUT2D eigenvalue weighted by Gasteiger charge is -2.03. The molecule has 62 valence electrons. The molecule has 1 aromatic carbocycles. The molecule has 0 aromatic heterocycles. The van der Waals surface area contributed by atoms with Gasteiger partial charge in [0.15, 0.2) is 0 Å². The van der Waals surface area contributed by atoms with Crippen LogP contribution in [0.3, 0.4) is 0 Å². The van der Waals surface area contributed by atoms with E-state index in [0.29, 0.717) is 5.75 Å². The Bertz CT molecular complexity index is 312. The van der Waals surface area contributed by atoms with Gasteiger partial charge in [-0.15, -0.1) is 18.2 Å². The highest BCUT2D eigenvalue weighted by molar-refractivity contribution is 7.99. The summed E-state index contributed by atoms with van der Waals surface area (Å²) < 4.78 is 0. The van der Waals surface area contributed by atoms with E-state index in [9.17, 15) is 0 Å². The van der Waals surface area contributed by atoms with Gasteiger partial charge in [-0.05, 0) is 30.7 Å². The minimum absolute atomic E-state index is 0.713. The standard InChI is InChI=1S/C10H11NS/c1-3-6-12-10-5-4-9(11)7-8(10)2/h1,4-5,7H,6,11H2,2H3. The number of aryl methyl sites for hydroxylation is 1. The summed E-state index contributed by atoms with van der Waals surface area (Å²) >= 11 is 1.66. The van der Waals surface area contributed by atoms with Gasteiger partial charge < -0.3 is 5.73 Å². The number of thioether (sulfide) groups is 1. The van der Waals surface area contributed by atoms with Crippen LogP contribution in [0.2, 0.25) is 0 Å². The summed E-state index contributed by atoms with van der Waals surface area (Å²) in [5, 5.41) is 0. The van der Waals surface area contributed by atoms with Crippen molar-refractivity contribution in [3.8, 4) is 12.3 Å². The Balaban J connectivity index is 2.81. The average Bonchev–Trinajstić information content (AvgIpc) is 2.03. The lowest BCUT2D eigenvalue weighted by molar-refractivity contribution is 1.31.